The first-order valence-electron chi connectivity index (χ1n) is 6.52. The Morgan fingerprint density at radius 2 is 2.09 bits per heavy atom. The number of hydrogen-bond donors (Lipinski definition) is 0. The van der Waals surface area contributed by atoms with Crippen molar-refractivity contribution in [3.63, 3.8) is 0 Å². The van der Waals surface area contributed by atoms with Gasteiger partial charge in [0.1, 0.15) is 11.6 Å². The Morgan fingerprint density at radius 1 is 1.32 bits per heavy atom. The Labute approximate surface area is 129 Å². The van der Waals surface area contributed by atoms with Gasteiger partial charge in [-0.25, -0.2) is 9.97 Å². The lowest BCUT2D eigenvalue weighted by Crippen LogP contribution is -2.06. The second-order valence-electron chi connectivity index (χ2n) is 4.65. The number of aromatic nitrogens is 3. The highest BCUT2D eigenvalue weighted by molar-refractivity contribution is 6.32. The van der Waals surface area contributed by atoms with Crippen molar-refractivity contribution in [3.05, 3.63) is 52.9 Å². The maximum atomic E-state index is 13.0. The zero-order valence-electron chi connectivity index (χ0n) is 11.4. The molecule has 3 aromatic rings. The summed E-state index contributed by atoms with van der Waals surface area (Å²) in [5, 5.41) is -0.355. The van der Waals surface area contributed by atoms with Crippen LogP contribution in [0.4, 0.5) is 13.2 Å². The lowest BCUT2D eigenvalue weighted by molar-refractivity contribution is -0.137. The summed E-state index contributed by atoms with van der Waals surface area (Å²) in [4.78, 5) is 8.46. The van der Waals surface area contributed by atoms with E-state index in [4.69, 9.17) is 11.6 Å². The van der Waals surface area contributed by atoms with Gasteiger partial charge in [0.25, 0.3) is 0 Å². The third-order valence-corrected chi connectivity index (χ3v) is 3.58. The third kappa shape index (κ3) is 2.43. The Balaban J connectivity index is 2.32. The summed E-state index contributed by atoms with van der Waals surface area (Å²) >= 11 is 5.81. The molecule has 0 saturated heterocycles. The van der Waals surface area contributed by atoms with E-state index in [0.717, 1.165) is 6.07 Å². The van der Waals surface area contributed by atoms with Gasteiger partial charge in [-0.3, -0.25) is 4.57 Å². The van der Waals surface area contributed by atoms with Gasteiger partial charge in [-0.2, -0.15) is 13.2 Å². The van der Waals surface area contributed by atoms with Gasteiger partial charge in [0.15, 0.2) is 0 Å². The van der Waals surface area contributed by atoms with Gasteiger partial charge in [0.05, 0.1) is 21.6 Å². The van der Waals surface area contributed by atoms with E-state index in [1.807, 2.05) is 6.92 Å². The highest BCUT2D eigenvalue weighted by Crippen LogP contribution is 2.37. The number of imidazole rings is 1. The molecule has 22 heavy (non-hydrogen) atoms. The molecule has 3 rings (SSSR count). The molecule has 0 aliphatic heterocycles. The van der Waals surface area contributed by atoms with Crippen molar-refractivity contribution < 1.29 is 13.2 Å². The average molecular weight is 325 g/mol. The zero-order valence-corrected chi connectivity index (χ0v) is 12.2. The molecule has 1 aromatic carbocycles. The number of hydrogen-bond acceptors (Lipinski definition) is 2. The molecule has 7 heteroatoms. The number of nitrogens with zero attached hydrogens (tertiary/aromatic N) is 3. The molecular weight excluding hydrogens is 315 g/mol. The molecule has 0 aliphatic carbocycles. The molecule has 0 spiro atoms. The summed E-state index contributed by atoms with van der Waals surface area (Å²) in [5.74, 6) is 1.18. The van der Waals surface area contributed by atoms with Crippen LogP contribution in [0.3, 0.4) is 0 Å². The predicted molar refractivity (Wildman–Crippen MR) is 77.1 cm³/mol. The Morgan fingerprint density at radius 3 is 2.68 bits per heavy atom. The van der Waals surface area contributed by atoms with E-state index in [1.165, 1.54) is 12.3 Å². The molecule has 0 aliphatic rings. The van der Waals surface area contributed by atoms with Crippen LogP contribution in [0.1, 0.15) is 18.3 Å². The molecule has 2 heterocycles. The fourth-order valence-electron chi connectivity index (χ4n) is 2.30. The standard InChI is InChI=1S/C15H10ClF3N3/c1-2-13-21-11-7-9(15(17,18)19)10(16)8-12(11)22(13)14-5-3-4-6-20-14/h3,5-8H,2H2,1H3. The Bertz CT molecular complexity index is 825. The average Bonchev–Trinajstić information content (AvgIpc) is 2.83. The topological polar surface area (TPSA) is 30.7 Å². The molecule has 0 N–H and O–H groups in total. The normalized spacial score (nSPS) is 12.0. The van der Waals surface area contributed by atoms with Crippen LogP contribution in [-0.4, -0.2) is 14.5 Å². The number of benzene rings is 1. The van der Waals surface area contributed by atoms with E-state index in [-0.39, 0.29) is 10.5 Å². The summed E-state index contributed by atoms with van der Waals surface area (Å²) in [6, 6.07) is 8.45. The number of halogens is 4. The van der Waals surface area contributed by atoms with Crippen LogP contribution >= 0.6 is 11.6 Å². The lowest BCUT2D eigenvalue weighted by atomic mass is 10.2. The van der Waals surface area contributed by atoms with E-state index in [9.17, 15) is 13.2 Å². The minimum atomic E-state index is -4.51. The molecule has 1 radical (unpaired) electrons. The highest BCUT2D eigenvalue weighted by Gasteiger charge is 2.34. The van der Waals surface area contributed by atoms with E-state index in [2.05, 4.69) is 16.0 Å². The van der Waals surface area contributed by atoms with Crippen LogP contribution in [0.2, 0.25) is 5.02 Å². The predicted octanol–water partition coefficient (Wildman–Crippen LogP) is 4.46. The van der Waals surface area contributed by atoms with Crippen LogP contribution in [-0.2, 0) is 12.6 Å². The van der Waals surface area contributed by atoms with Gasteiger partial charge in [-0.15, -0.1) is 0 Å². The molecule has 2 aromatic heterocycles. The number of aryl methyl sites for hydroxylation is 1. The van der Waals surface area contributed by atoms with Crippen LogP contribution in [0.5, 0.6) is 0 Å². The van der Waals surface area contributed by atoms with Gasteiger partial charge in [0, 0.05) is 18.7 Å². The minimum Gasteiger partial charge on any atom is -0.280 e. The summed E-state index contributed by atoms with van der Waals surface area (Å²) in [6.45, 7) is 1.87. The summed E-state index contributed by atoms with van der Waals surface area (Å²) in [6.07, 6.45) is -2.47. The number of fused-ring (bicyclic) bond motifs is 1. The molecule has 0 bridgehead atoms. The number of alkyl halides is 3. The number of rotatable bonds is 2. The third-order valence-electron chi connectivity index (χ3n) is 3.26. The molecule has 0 fully saturated rings. The van der Waals surface area contributed by atoms with Gasteiger partial charge in [-0.1, -0.05) is 18.5 Å². The van der Waals surface area contributed by atoms with Crippen molar-refractivity contribution in [2.45, 2.75) is 19.5 Å². The van der Waals surface area contributed by atoms with Crippen LogP contribution in [0, 0.1) is 6.07 Å². The fraction of sp³-hybridized carbons (Fsp3) is 0.200. The molecule has 0 saturated carbocycles. The monoisotopic (exact) mass is 324 g/mol. The van der Waals surface area contributed by atoms with Crippen molar-refractivity contribution in [3.8, 4) is 5.82 Å². The quantitative estimate of drug-likeness (QED) is 0.697. The first kappa shape index (κ1) is 14.8. The second-order valence-corrected chi connectivity index (χ2v) is 5.06. The maximum absolute atomic E-state index is 13.0. The Hall–Kier alpha value is -2.08. The van der Waals surface area contributed by atoms with Gasteiger partial charge >= 0.3 is 6.18 Å². The fourth-order valence-corrected chi connectivity index (χ4v) is 2.57. The first-order chi connectivity index (χ1) is 10.4. The van der Waals surface area contributed by atoms with Crippen molar-refractivity contribution >= 4 is 22.6 Å². The van der Waals surface area contributed by atoms with Crippen molar-refractivity contribution in [2.75, 3.05) is 0 Å². The first-order valence-corrected chi connectivity index (χ1v) is 6.90. The Kier molecular flexibility index (Phi) is 3.56. The maximum Gasteiger partial charge on any atom is 0.417 e. The van der Waals surface area contributed by atoms with Crippen molar-refractivity contribution in [1.82, 2.24) is 14.5 Å². The lowest BCUT2D eigenvalue weighted by Gasteiger charge is -2.10. The largest absolute Gasteiger partial charge is 0.417 e. The van der Waals surface area contributed by atoms with Crippen LogP contribution in [0.25, 0.3) is 16.9 Å². The number of pyridine rings is 1. The molecular formula is C15H10ClF3N3. The summed E-state index contributed by atoms with van der Waals surface area (Å²) in [5.41, 5.74) is -0.153. The molecule has 0 atom stereocenters. The molecule has 0 amide bonds. The molecule has 113 valence electrons. The van der Waals surface area contributed by atoms with E-state index >= 15 is 0 Å². The van der Waals surface area contributed by atoms with E-state index < -0.39 is 11.7 Å². The van der Waals surface area contributed by atoms with Gasteiger partial charge in [0.2, 0.25) is 0 Å². The van der Waals surface area contributed by atoms with Gasteiger partial charge < -0.3 is 0 Å². The van der Waals surface area contributed by atoms with E-state index in [0.29, 0.717) is 23.6 Å². The van der Waals surface area contributed by atoms with E-state index in [1.54, 1.807) is 16.7 Å². The van der Waals surface area contributed by atoms with Crippen LogP contribution < -0.4 is 0 Å². The summed E-state index contributed by atoms with van der Waals surface area (Å²) in [7, 11) is 0. The molecule has 0 unspecified atom stereocenters. The highest BCUT2D eigenvalue weighted by atomic mass is 35.5. The summed E-state index contributed by atoms with van der Waals surface area (Å²) < 4.78 is 40.6. The van der Waals surface area contributed by atoms with Crippen molar-refractivity contribution in [2.24, 2.45) is 0 Å². The van der Waals surface area contributed by atoms with Crippen LogP contribution in [0.15, 0.2) is 30.5 Å². The smallest absolute Gasteiger partial charge is 0.280 e. The van der Waals surface area contributed by atoms with Gasteiger partial charge in [-0.05, 0) is 24.3 Å². The van der Waals surface area contributed by atoms with Crippen molar-refractivity contribution in [1.29, 1.82) is 0 Å². The molecule has 3 nitrogen and oxygen atoms in total. The zero-order chi connectivity index (χ0) is 15.9. The minimum absolute atomic E-state index is 0.239. The second kappa shape index (κ2) is 5.28. The SMILES string of the molecule is CCc1nc2cc(C(F)(F)F)c(Cl)cc2n1-c1cc[c]cn1.